The zero-order chi connectivity index (χ0) is 14.3. The van der Waals surface area contributed by atoms with Crippen molar-refractivity contribution in [2.45, 2.75) is 19.8 Å². The number of amidine groups is 1. The molecule has 0 aromatic rings. The van der Waals surface area contributed by atoms with Crippen molar-refractivity contribution in [2.75, 3.05) is 25.6 Å². The van der Waals surface area contributed by atoms with Crippen LogP contribution in [-0.4, -0.2) is 55.9 Å². The molecule has 3 N–H and O–H groups in total. The lowest BCUT2D eigenvalue weighted by Crippen LogP contribution is -2.41. The van der Waals surface area contributed by atoms with Crippen LogP contribution in [0.1, 0.15) is 19.8 Å². The molecule has 8 heteroatoms. The van der Waals surface area contributed by atoms with Gasteiger partial charge in [0.2, 0.25) is 5.91 Å². The number of nitrogens with zero attached hydrogens (tertiary/aromatic N) is 2. The molecule has 7 nitrogen and oxygen atoms in total. The summed E-state index contributed by atoms with van der Waals surface area (Å²) in [5, 5.41) is 11.5. The lowest BCUT2D eigenvalue weighted by atomic mass is 10.0. The molecule has 0 fully saturated rings. The summed E-state index contributed by atoms with van der Waals surface area (Å²) in [5.74, 6) is -1.29. The van der Waals surface area contributed by atoms with Gasteiger partial charge < -0.3 is 15.8 Å². The molecule has 18 heavy (non-hydrogen) atoms. The Morgan fingerprint density at radius 3 is 2.44 bits per heavy atom. The van der Waals surface area contributed by atoms with Crippen LogP contribution in [-0.2, 0) is 14.6 Å². The van der Waals surface area contributed by atoms with E-state index in [2.05, 4.69) is 5.16 Å². The molecule has 0 rings (SSSR count). The number of rotatable bonds is 7. The third-order valence-electron chi connectivity index (χ3n) is 2.52. The lowest BCUT2D eigenvalue weighted by Gasteiger charge is -2.22. The molecule has 1 amide bonds. The smallest absolute Gasteiger partial charge is 0.233 e. The molecule has 106 valence electrons. The van der Waals surface area contributed by atoms with Crippen molar-refractivity contribution in [3.63, 3.8) is 0 Å². The van der Waals surface area contributed by atoms with E-state index in [0.29, 0.717) is 12.8 Å². The molecule has 1 atom stereocenters. The van der Waals surface area contributed by atoms with Gasteiger partial charge in [-0.2, -0.15) is 0 Å². The maximum Gasteiger partial charge on any atom is 0.233 e. The Hall–Kier alpha value is -1.31. The van der Waals surface area contributed by atoms with Crippen molar-refractivity contribution in [3.8, 4) is 0 Å². The van der Waals surface area contributed by atoms with E-state index < -0.39 is 15.8 Å². The third-order valence-corrected chi connectivity index (χ3v) is 3.45. The summed E-state index contributed by atoms with van der Waals surface area (Å²) >= 11 is 0. The zero-order valence-electron chi connectivity index (χ0n) is 11.0. The van der Waals surface area contributed by atoms with Crippen LogP contribution in [0.15, 0.2) is 5.16 Å². The fraction of sp³-hybridized carbons (Fsp3) is 0.800. The first-order valence-electron chi connectivity index (χ1n) is 5.63. The van der Waals surface area contributed by atoms with Gasteiger partial charge >= 0.3 is 0 Å². The number of nitrogens with two attached hydrogens (primary N) is 1. The molecule has 0 aliphatic rings. The van der Waals surface area contributed by atoms with Crippen LogP contribution >= 0.6 is 0 Å². The van der Waals surface area contributed by atoms with Gasteiger partial charge in [0.05, 0.1) is 11.7 Å². The molecule has 0 aromatic carbocycles. The predicted molar refractivity (Wildman–Crippen MR) is 69.2 cm³/mol. The quantitative estimate of drug-likeness (QED) is 0.286. The van der Waals surface area contributed by atoms with Crippen LogP contribution in [0.5, 0.6) is 0 Å². The average molecular weight is 279 g/mol. The predicted octanol–water partition coefficient (Wildman–Crippen LogP) is -0.348. The molecule has 0 aliphatic carbocycles. The second-order valence-corrected chi connectivity index (χ2v) is 6.52. The van der Waals surface area contributed by atoms with Gasteiger partial charge in [0, 0.05) is 19.8 Å². The molecular formula is C10H21N3O4S. The summed E-state index contributed by atoms with van der Waals surface area (Å²) in [5.41, 5.74) is 5.46. The van der Waals surface area contributed by atoms with E-state index >= 15 is 0 Å². The van der Waals surface area contributed by atoms with Crippen LogP contribution in [0.3, 0.4) is 0 Å². The van der Waals surface area contributed by atoms with E-state index in [4.69, 9.17) is 10.9 Å². The van der Waals surface area contributed by atoms with Gasteiger partial charge in [-0.25, -0.2) is 8.42 Å². The number of hydrogen-bond donors (Lipinski definition) is 2. The minimum Gasteiger partial charge on any atom is -0.409 e. The average Bonchev–Trinajstić information content (AvgIpc) is 2.30. The van der Waals surface area contributed by atoms with E-state index in [-0.39, 0.29) is 24.0 Å². The molecule has 1 unspecified atom stereocenters. The molecule has 0 saturated heterocycles. The second kappa shape index (κ2) is 7.20. The van der Waals surface area contributed by atoms with Gasteiger partial charge in [-0.1, -0.05) is 18.5 Å². The fourth-order valence-corrected chi connectivity index (χ4v) is 2.04. The Morgan fingerprint density at radius 1 is 1.50 bits per heavy atom. The van der Waals surface area contributed by atoms with Crippen LogP contribution < -0.4 is 5.73 Å². The number of amides is 1. The Bertz CT molecular complexity index is 405. The second-order valence-electron chi connectivity index (χ2n) is 4.26. The van der Waals surface area contributed by atoms with Crippen LogP contribution in [0, 0.1) is 5.92 Å². The number of carbonyl (C=O) groups excluding carboxylic acids is 1. The highest BCUT2D eigenvalue weighted by Crippen LogP contribution is 2.10. The van der Waals surface area contributed by atoms with Crippen molar-refractivity contribution >= 4 is 21.6 Å². The maximum absolute atomic E-state index is 12.0. The molecule has 0 spiro atoms. The summed E-state index contributed by atoms with van der Waals surface area (Å²) in [6, 6.07) is 0. The first-order valence-corrected chi connectivity index (χ1v) is 7.69. The van der Waals surface area contributed by atoms with Gasteiger partial charge in [-0.15, -0.1) is 0 Å². The standard InChI is InChI=1S/C10H21N3O4S/c1-4-5-8(9(11)12-15)10(14)13(2)6-7-18(3,16)17/h8,15H,4-7H2,1-3H3,(H2,11,12). The SMILES string of the molecule is CCCC(C(=O)N(C)CCS(C)(=O)=O)C(N)=NO. The van der Waals surface area contributed by atoms with E-state index in [0.717, 1.165) is 6.26 Å². The van der Waals surface area contributed by atoms with E-state index in [9.17, 15) is 13.2 Å². The first-order chi connectivity index (χ1) is 8.22. The third kappa shape index (κ3) is 5.85. The topological polar surface area (TPSA) is 113 Å². The van der Waals surface area contributed by atoms with Gasteiger partial charge in [0.25, 0.3) is 0 Å². The van der Waals surface area contributed by atoms with Crippen molar-refractivity contribution in [2.24, 2.45) is 16.8 Å². The van der Waals surface area contributed by atoms with Crippen LogP contribution in [0.2, 0.25) is 0 Å². The number of oxime groups is 1. The van der Waals surface area contributed by atoms with Crippen molar-refractivity contribution in [1.82, 2.24) is 4.90 Å². The number of carbonyl (C=O) groups is 1. The summed E-state index contributed by atoms with van der Waals surface area (Å²) in [7, 11) is -1.62. The minimum absolute atomic E-state index is 0.0938. The summed E-state index contributed by atoms with van der Waals surface area (Å²) < 4.78 is 22.0. The monoisotopic (exact) mass is 279 g/mol. The molecule has 0 bridgehead atoms. The Kier molecular flexibility index (Phi) is 6.67. The summed E-state index contributed by atoms with van der Waals surface area (Å²) in [4.78, 5) is 13.3. The highest BCUT2D eigenvalue weighted by atomic mass is 32.2. The summed E-state index contributed by atoms with van der Waals surface area (Å²) in [6.45, 7) is 1.97. The maximum atomic E-state index is 12.0. The van der Waals surface area contributed by atoms with Gasteiger partial charge in [0.15, 0.2) is 5.84 Å². The Balaban J connectivity index is 4.67. The molecule has 0 saturated carbocycles. The lowest BCUT2D eigenvalue weighted by molar-refractivity contribution is -0.132. The highest BCUT2D eigenvalue weighted by Gasteiger charge is 2.25. The normalized spacial score (nSPS) is 14.3. The first kappa shape index (κ1) is 16.7. The Labute approximate surface area is 108 Å². The number of sulfone groups is 1. The highest BCUT2D eigenvalue weighted by molar-refractivity contribution is 7.90. The van der Waals surface area contributed by atoms with Gasteiger partial charge in [-0.05, 0) is 6.42 Å². The Morgan fingerprint density at radius 2 is 2.06 bits per heavy atom. The zero-order valence-corrected chi connectivity index (χ0v) is 11.8. The van der Waals surface area contributed by atoms with Gasteiger partial charge in [-0.3, -0.25) is 4.79 Å². The van der Waals surface area contributed by atoms with Crippen LogP contribution in [0.25, 0.3) is 0 Å². The fourth-order valence-electron chi connectivity index (χ4n) is 1.44. The molecule has 0 aliphatic heterocycles. The summed E-state index contributed by atoms with van der Waals surface area (Å²) in [6.07, 6.45) is 2.27. The molecular weight excluding hydrogens is 258 g/mol. The van der Waals surface area contributed by atoms with Crippen molar-refractivity contribution < 1.29 is 18.4 Å². The van der Waals surface area contributed by atoms with Crippen molar-refractivity contribution in [1.29, 1.82) is 0 Å². The number of hydrogen-bond acceptors (Lipinski definition) is 5. The van der Waals surface area contributed by atoms with E-state index in [1.54, 1.807) is 0 Å². The van der Waals surface area contributed by atoms with Gasteiger partial charge in [0.1, 0.15) is 9.84 Å². The molecule has 0 radical (unpaired) electrons. The van der Waals surface area contributed by atoms with E-state index in [1.807, 2.05) is 6.92 Å². The van der Waals surface area contributed by atoms with E-state index in [1.165, 1.54) is 11.9 Å². The van der Waals surface area contributed by atoms with Crippen LogP contribution in [0.4, 0.5) is 0 Å². The van der Waals surface area contributed by atoms with Crippen molar-refractivity contribution in [3.05, 3.63) is 0 Å². The molecule has 0 heterocycles. The minimum atomic E-state index is -3.12. The molecule has 0 aromatic heterocycles. The largest absolute Gasteiger partial charge is 0.409 e.